The van der Waals surface area contributed by atoms with E-state index in [4.69, 9.17) is 5.73 Å². The smallest absolute Gasteiger partial charge is 0.256 e. The highest BCUT2D eigenvalue weighted by Gasteiger charge is 2.13. The minimum atomic E-state index is -0.207. The van der Waals surface area contributed by atoms with Gasteiger partial charge in [-0.1, -0.05) is 13.8 Å². The lowest BCUT2D eigenvalue weighted by atomic mass is 10.1. The molecule has 0 aliphatic heterocycles. The van der Waals surface area contributed by atoms with Crippen molar-refractivity contribution in [2.24, 2.45) is 0 Å². The maximum atomic E-state index is 11.7. The van der Waals surface area contributed by atoms with Crippen LogP contribution in [0.1, 0.15) is 37.0 Å². The number of hydrogen-bond donors (Lipinski definition) is 2. The molecular formula is C10H16N4O. The molecule has 0 atom stereocenters. The van der Waals surface area contributed by atoms with Gasteiger partial charge in [-0.2, -0.15) is 0 Å². The first-order valence-corrected chi connectivity index (χ1v) is 5.05. The van der Waals surface area contributed by atoms with Crippen LogP contribution >= 0.6 is 0 Å². The van der Waals surface area contributed by atoms with Crippen molar-refractivity contribution >= 4 is 11.7 Å². The van der Waals surface area contributed by atoms with Gasteiger partial charge in [0, 0.05) is 12.2 Å². The number of nitrogens with zero attached hydrogens (tertiary/aromatic N) is 2. The van der Waals surface area contributed by atoms with Gasteiger partial charge in [-0.3, -0.25) is 4.79 Å². The number of carbonyl (C=O) groups excluding carboxylic acids is 1. The molecule has 1 aromatic rings. The second-order valence-corrected chi connectivity index (χ2v) is 3.31. The van der Waals surface area contributed by atoms with Gasteiger partial charge in [0.1, 0.15) is 12.1 Å². The monoisotopic (exact) mass is 208 g/mol. The molecule has 0 aliphatic rings. The maximum Gasteiger partial charge on any atom is 0.256 e. The first kappa shape index (κ1) is 11.4. The van der Waals surface area contributed by atoms with Crippen LogP contribution in [0.2, 0.25) is 0 Å². The summed E-state index contributed by atoms with van der Waals surface area (Å²) in [5.74, 6) is 0.00950. The Kier molecular flexibility index (Phi) is 4.03. The van der Waals surface area contributed by atoms with E-state index in [0.29, 0.717) is 5.56 Å². The van der Waals surface area contributed by atoms with Crippen molar-refractivity contribution in [3.63, 3.8) is 0 Å². The van der Waals surface area contributed by atoms with Gasteiger partial charge in [0.15, 0.2) is 0 Å². The van der Waals surface area contributed by atoms with E-state index in [1.54, 1.807) is 0 Å². The zero-order chi connectivity index (χ0) is 11.3. The Morgan fingerprint density at radius 2 is 2.20 bits per heavy atom. The minimum absolute atomic E-state index is 0.178. The second-order valence-electron chi connectivity index (χ2n) is 3.31. The molecule has 1 heterocycles. The van der Waals surface area contributed by atoms with E-state index in [1.165, 1.54) is 12.5 Å². The lowest BCUT2D eigenvalue weighted by Crippen LogP contribution is -2.34. The first-order valence-electron chi connectivity index (χ1n) is 5.05. The first-order chi connectivity index (χ1) is 7.19. The van der Waals surface area contributed by atoms with Gasteiger partial charge in [-0.25, -0.2) is 9.97 Å². The number of carbonyl (C=O) groups is 1. The molecule has 0 radical (unpaired) electrons. The number of amides is 1. The van der Waals surface area contributed by atoms with Crippen molar-refractivity contribution in [2.45, 2.75) is 32.7 Å². The fourth-order valence-electron chi connectivity index (χ4n) is 1.27. The van der Waals surface area contributed by atoms with E-state index >= 15 is 0 Å². The number of aromatic nitrogens is 2. The van der Waals surface area contributed by atoms with Crippen molar-refractivity contribution in [3.8, 4) is 0 Å². The third-order valence-electron chi connectivity index (χ3n) is 2.31. The number of anilines is 1. The molecule has 1 aromatic heterocycles. The second kappa shape index (κ2) is 5.29. The summed E-state index contributed by atoms with van der Waals surface area (Å²) in [7, 11) is 0. The maximum absolute atomic E-state index is 11.7. The van der Waals surface area contributed by atoms with E-state index < -0.39 is 0 Å². The summed E-state index contributed by atoms with van der Waals surface area (Å²) in [5.41, 5.74) is 5.91. The van der Waals surface area contributed by atoms with E-state index in [1.807, 2.05) is 13.8 Å². The largest absolute Gasteiger partial charge is 0.383 e. The molecule has 1 rings (SSSR count). The molecule has 5 nitrogen and oxygen atoms in total. The number of nitrogen functional groups attached to an aromatic ring is 1. The number of nitrogens with one attached hydrogen (secondary N) is 1. The molecule has 0 saturated heterocycles. The molecule has 82 valence electrons. The minimum Gasteiger partial charge on any atom is -0.383 e. The van der Waals surface area contributed by atoms with Gasteiger partial charge in [0.2, 0.25) is 0 Å². The molecule has 0 saturated carbocycles. The van der Waals surface area contributed by atoms with Crippen molar-refractivity contribution < 1.29 is 4.79 Å². The van der Waals surface area contributed by atoms with Gasteiger partial charge in [0.05, 0.1) is 5.56 Å². The van der Waals surface area contributed by atoms with Crippen molar-refractivity contribution in [1.82, 2.24) is 15.3 Å². The summed E-state index contributed by atoms with van der Waals surface area (Å²) in [6, 6.07) is 0.178. The van der Waals surface area contributed by atoms with E-state index in [0.717, 1.165) is 12.8 Å². The average Bonchev–Trinajstić information content (AvgIpc) is 2.26. The van der Waals surface area contributed by atoms with Crippen LogP contribution in [0.3, 0.4) is 0 Å². The molecule has 0 aliphatic carbocycles. The Labute approximate surface area is 89.1 Å². The third-order valence-corrected chi connectivity index (χ3v) is 2.31. The topological polar surface area (TPSA) is 80.9 Å². The van der Waals surface area contributed by atoms with Gasteiger partial charge in [-0.15, -0.1) is 0 Å². The molecule has 1 amide bonds. The predicted molar refractivity (Wildman–Crippen MR) is 58.3 cm³/mol. The summed E-state index contributed by atoms with van der Waals surface area (Å²) in [6.45, 7) is 4.05. The van der Waals surface area contributed by atoms with Crippen LogP contribution < -0.4 is 11.1 Å². The van der Waals surface area contributed by atoms with Gasteiger partial charge < -0.3 is 11.1 Å². The Balaban J connectivity index is 2.73. The van der Waals surface area contributed by atoms with Crippen LogP contribution in [0.4, 0.5) is 5.82 Å². The Morgan fingerprint density at radius 1 is 1.53 bits per heavy atom. The Morgan fingerprint density at radius 3 is 2.73 bits per heavy atom. The molecular weight excluding hydrogens is 192 g/mol. The van der Waals surface area contributed by atoms with E-state index in [9.17, 15) is 4.79 Å². The standard InChI is InChI=1S/C10H16N4O/c1-3-7(4-2)14-10(15)8-5-12-6-13-9(8)11/h5-7H,3-4H2,1-2H3,(H,14,15)(H2,11,12,13). The molecule has 5 heteroatoms. The fourth-order valence-corrected chi connectivity index (χ4v) is 1.27. The van der Waals surface area contributed by atoms with E-state index in [2.05, 4.69) is 15.3 Å². The molecule has 0 unspecified atom stereocenters. The molecule has 0 aromatic carbocycles. The van der Waals surface area contributed by atoms with Gasteiger partial charge >= 0.3 is 0 Å². The number of rotatable bonds is 4. The fraction of sp³-hybridized carbons (Fsp3) is 0.500. The van der Waals surface area contributed by atoms with Crippen molar-refractivity contribution in [3.05, 3.63) is 18.1 Å². The Bertz CT molecular complexity index is 336. The molecule has 0 fully saturated rings. The highest BCUT2D eigenvalue weighted by atomic mass is 16.1. The number of nitrogens with two attached hydrogens (primary N) is 1. The van der Waals surface area contributed by atoms with Crippen LogP contribution in [-0.4, -0.2) is 21.9 Å². The van der Waals surface area contributed by atoms with Crippen LogP contribution in [0.25, 0.3) is 0 Å². The van der Waals surface area contributed by atoms with Crippen LogP contribution in [0.15, 0.2) is 12.5 Å². The predicted octanol–water partition coefficient (Wildman–Crippen LogP) is 0.977. The van der Waals surface area contributed by atoms with Gasteiger partial charge in [0.25, 0.3) is 5.91 Å². The zero-order valence-corrected chi connectivity index (χ0v) is 9.03. The van der Waals surface area contributed by atoms with E-state index in [-0.39, 0.29) is 17.8 Å². The van der Waals surface area contributed by atoms with Crippen molar-refractivity contribution in [1.29, 1.82) is 0 Å². The van der Waals surface area contributed by atoms with Crippen molar-refractivity contribution in [2.75, 3.05) is 5.73 Å². The SMILES string of the molecule is CCC(CC)NC(=O)c1cncnc1N. The third kappa shape index (κ3) is 2.90. The van der Waals surface area contributed by atoms with Crippen LogP contribution in [0.5, 0.6) is 0 Å². The Hall–Kier alpha value is -1.65. The summed E-state index contributed by atoms with van der Waals surface area (Å²) in [5, 5.41) is 2.87. The average molecular weight is 208 g/mol. The summed E-state index contributed by atoms with van der Waals surface area (Å²) in [6.07, 6.45) is 4.55. The van der Waals surface area contributed by atoms with Crippen LogP contribution in [0, 0.1) is 0 Å². The molecule has 0 bridgehead atoms. The summed E-state index contributed by atoms with van der Waals surface area (Å²) >= 11 is 0. The highest BCUT2D eigenvalue weighted by molar-refractivity contribution is 5.98. The number of hydrogen-bond acceptors (Lipinski definition) is 4. The van der Waals surface area contributed by atoms with Gasteiger partial charge in [-0.05, 0) is 12.8 Å². The summed E-state index contributed by atoms with van der Waals surface area (Å²) < 4.78 is 0. The summed E-state index contributed by atoms with van der Waals surface area (Å²) in [4.78, 5) is 19.3. The zero-order valence-electron chi connectivity index (χ0n) is 9.03. The van der Waals surface area contributed by atoms with Crippen LogP contribution in [-0.2, 0) is 0 Å². The quantitative estimate of drug-likeness (QED) is 0.772. The normalized spacial score (nSPS) is 10.3. The highest BCUT2D eigenvalue weighted by Crippen LogP contribution is 2.06. The lowest BCUT2D eigenvalue weighted by Gasteiger charge is -2.14. The molecule has 3 N–H and O–H groups in total. The molecule has 0 spiro atoms. The molecule has 15 heavy (non-hydrogen) atoms. The lowest BCUT2D eigenvalue weighted by molar-refractivity contribution is 0.0935.